The highest BCUT2D eigenvalue weighted by Crippen LogP contribution is 2.12. The maximum atomic E-state index is 8.70. The smallest absolute Gasteiger partial charge is 0.115 e. The van der Waals surface area contributed by atoms with Gasteiger partial charge in [0, 0.05) is 11.2 Å². The first-order chi connectivity index (χ1) is 5.70. The molecule has 1 aromatic carbocycles. The molecule has 1 aromatic rings. The standard InChI is InChI=1S/C6H5ClO.C2H5NO/c7-5-1-3-6(8)4-2-5;1-2-3-4/h1-4,8H;2,4H,1H3. The zero-order valence-electron chi connectivity index (χ0n) is 6.61. The largest absolute Gasteiger partial charge is 0.508 e. The van der Waals surface area contributed by atoms with Crippen molar-refractivity contribution in [3.63, 3.8) is 0 Å². The van der Waals surface area contributed by atoms with Gasteiger partial charge < -0.3 is 10.3 Å². The molecule has 0 aromatic heterocycles. The molecule has 12 heavy (non-hydrogen) atoms. The third-order valence-corrected chi connectivity index (χ3v) is 1.19. The number of oxime groups is 1. The second kappa shape index (κ2) is 6.49. The molecule has 0 saturated heterocycles. The summed E-state index contributed by atoms with van der Waals surface area (Å²) in [5.74, 6) is 0.245. The van der Waals surface area contributed by atoms with Gasteiger partial charge in [-0.3, -0.25) is 0 Å². The quantitative estimate of drug-likeness (QED) is 0.373. The van der Waals surface area contributed by atoms with E-state index in [1.165, 1.54) is 6.21 Å². The highest BCUT2D eigenvalue weighted by molar-refractivity contribution is 6.30. The summed E-state index contributed by atoms with van der Waals surface area (Å²) >= 11 is 5.50. The summed E-state index contributed by atoms with van der Waals surface area (Å²) in [5, 5.41) is 19.4. The van der Waals surface area contributed by atoms with Crippen molar-refractivity contribution in [1.29, 1.82) is 0 Å². The lowest BCUT2D eigenvalue weighted by atomic mass is 10.3. The Hall–Kier alpha value is -1.22. The molecule has 1 rings (SSSR count). The lowest BCUT2D eigenvalue weighted by Crippen LogP contribution is -1.61. The van der Waals surface area contributed by atoms with Crippen molar-refractivity contribution in [3.05, 3.63) is 29.3 Å². The van der Waals surface area contributed by atoms with Crippen molar-refractivity contribution in [1.82, 2.24) is 0 Å². The van der Waals surface area contributed by atoms with Crippen LogP contribution in [0.5, 0.6) is 5.75 Å². The summed E-state index contributed by atoms with van der Waals surface area (Å²) in [6, 6.07) is 6.36. The van der Waals surface area contributed by atoms with Crippen LogP contribution < -0.4 is 0 Å². The van der Waals surface area contributed by atoms with Crippen molar-refractivity contribution in [2.45, 2.75) is 6.92 Å². The predicted molar refractivity (Wildman–Crippen MR) is 49.1 cm³/mol. The van der Waals surface area contributed by atoms with E-state index in [-0.39, 0.29) is 5.75 Å². The van der Waals surface area contributed by atoms with E-state index in [1.54, 1.807) is 31.2 Å². The minimum Gasteiger partial charge on any atom is -0.508 e. The van der Waals surface area contributed by atoms with Crippen LogP contribution in [-0.4, -0.2) is 16.5 Å². The molecule has 4 heteroatoms. The van der Waals surface area contributed by atoms with Crippen LogP contribution in [0, 0.1) is 0 Å². The van der Waals surface area contributed by atoms with Gasteiger partial charge in [0.2, 0.25) is 0 Å². The highest BCUT2D eigenvalue weighted by atomic mass is 35.5. The lowest BCUT2D eigenvalue weighted by molar-refractivity contribution is 0.321. The number of benzene rings is 1. The van der Waals surface area contributed by atoms with E-state index < -0.39 is 0 Å². The van der Waals surface area contributed by atoms with Gasteiger partial charge in [0.15, 0.2) is 0 Å². The molecular weight excluding hydrogens is 178 g/mol. The van der Waals surface area contributed by atoms with E-state index in [2.05, 4.69) is 5.16 Å². The summed E-state index contributed by atoms with van der Waals surface area (Å²) in [6.07, 6.45) is 1.31. The molecule has 0 fully saturated rings. The fourth-order valence-electron chi connectivity index (χ4n) is 0.441. The number of hydrogen-bond donors (Lipinski definition) is 2. The van der Waals surface area contributed by atoms with Gasteiger partial charge >= 0.3 is 0 Å². The topological polar surface area (TPSA) is 52.8 Å². The Kier molecular flexibility index (Phi) is 5.83. The molecule has 0 spiro atoms. The molecule has 3 nitrogen and oxygen atoms in total. The van der Waals surface area contributed by atoms with E-state index in [1.807, 2.05) is 0 Å². The van der Waals surface area contributed by atoms with E-state index in [9.17, 15) is 0 Å². The van der Waals surface area contributed by atoms with Crippen molar-refractivity contribution in [2.75, 3.05) is 0 Å². The minimum atomic E-state index is 0.245. The number of phenols is 1. The van der Waals surface area contributed by atoms with Crippen molar-refractivity contribution in [2.24, 2.45) is 5.16 Å². The third-order valence-electron chi connectivity index (χ3n) is 0.942. The molecule has 0 aliphatic heterocycles. The van der Waals surface area contributed by atoms with Gasteiger partial charge in [-0.2, -0.15) is 0 Å². The molecule has 0 aliphatic rings. The number of hydrogen-bond acceptors (Lipinski definition) is 3. The average molecular weight is 188 g/mol. The Morgan fingerprint density at radius 3 is 2.00 bits per heavy atom. The minimum absolute atomic E-state index is 0.245. The molecule has 0 saturated carbocycles. The third kappa shape index (κ3) is 5.56. The molecule has 0 aliphatic carbocycles. The van der Waals surface area contributed by atoms with Gasteiger partial charge in [-0.05, 0) is 31.2 Å². The molecule has 66 valence electrons. The summed E-state index contributed by atoms with van der Waals surface area (Å²) in [4.78, 5) is 0. The summed E-state index contributed by atoms with van der Waals surface area (Å²) < 4.78 is 0. The molecule has 0 amide bonds. The van der Waals surface area contributed by atoms with Crippen LogP contribution in [0.2, 0.25) is 5.02 Å². The predicted octanol–water partition coefficient (Wildman–Crippen LogP) is 2.51. The van der Waals surface area contributed by atoms with Crippen LogP contribution in [0.15, 0.2) is 29.4 Å². The van der Waals surface area contributed by atoms with Gasteiger partial charge in [0.1, 0.15) is 5.75 Å². The molecule has 0 radical (unpaired) electrons. The first kappa shape index (κ1) is 10.8. The first-order valence-corrected chi connectivity index (χ1v) is 3.65. The molecular formula is C8H10ClNO2. The highest BCUT2D eigenvalue weighted by Gasteiger charge is 1.84. The van der Waals surface area contributed by atoms with E-state index in [0.29, 0.717) is 5.02 Å². The number of rotatable bonds is 0. The van der Waals surface area contributed by atoms with Gasteiger partial charge in [0.25, 0.3) is 0 Å². The van der Waals surface area contributed by atoms with Crippen LogP contribution in [0.1, 0.15) is 6.92 Å². The molecule has 0 unspecified atom stereocenters. The average Bonchev–Trinajstić information content (AvgIpc) is 2.11. The van der Waals surface area contributed by atoms with Gasteiger partial charge in [-0.15, -0.1) is 5.16 Å². The molecule has 2 N–H and O–H groups in total. The fourth-order valence-corrected chi connectivity index (χ4v) is 0.567. The van der Waals surface area contributed by atoms with E-state index >= 15 is 0 Å². The maximum Gasteiger partial charge on any atom is 0.115 e. The second-order valence-corrected chi connectivity index (χ2v) is 2.29. The number of halogens is 1. The summed E-state index contributed by atoms with van der Waals surface area (Å²) in [7, 11) is 0. The van der Waals surface area contributed by atoms with Crippen LogP contribution in [0.4, 0.5) is 0 Å². The Bertz CT molecular complexity index is 208. The van der Waals surface area contributed by atoms with E-state index in [0.717, 1.165) is 0 Å². The maximum absolute atomic E-state index is 8.70. The SMILES string of the molecule is CC=NO.Oc1ccc(Cl)cc1. The van der Waals surface area contributed by atoms with Crippen molar-refractivity contribution >= 4 is 17.8 Å². The van der Waals surface area contributed by atoms with Crippen molar-refractivity contribution < 1.29 is 10.3 Å². The van der Waals surface area contributed by atoms with Crippen LogP contribution in [0.25, 0.3) is 0 Å². The number of phenolic OH excluding ortho intramolecular Hbond substituents is 1. The van der Waals surface area contributed by atoms with Gasteiger partial charge in [-0.1, -0.05) is 11.6 Å². The molecule has 0 heterocycles. The van der Waals surface area contributed by atoms with Crippen molar-refractivity contribution in [3.8, 4) is 5.75 Å². The summed E-state index contributed by atoms with van der Waals surface area (Å²) in [6.45, 7) is 1.64. The Morgan fingerprint density at radius 2 is 1.75 bits per heavy atom. The molecule has 0 bridgehead atoms. The van der Waals surface area contributed by atoms with Gasteiger partial charge in [0.05, 0.1) is 0 Å². The van der Waals surface area contributed by atoms with E-state index in [4.69, 9.17) is 21.9 Å². The Labute approximate surface area is 75.9 Å². The Balaban J connectivity index is 0.000000261. The number of nitrogens with zero attached hydrogens (tertiary/aromatic N) is 1. The normalized spacial score (nSPS) is 9.17. The Morgan fingerprint density at radius 1 is 1.33 bits per heavy atom. The number of aromatic hydroxyl groups is 1. The first-order valence-electron chi connectivity index (χ1n) is 3.27. The zero-order chi connectivity index (χ0) is 9.40. The van der Waals surface area contributed by atoms with Gasteiger partial charge in [-0.25, -0.2) is 0 Å². The van der Waals surface area contributed by atoms with Crippen LogP contribution in [0.3, 0.4) is 0 Å². The lowest BCUT2D eigenvalue weighted by Gasteiger charge is -1.87. The second-order valence-electron chi connectivity index (χ2n) is 1.85. The molecule has 0 atom stereocenters. The monoisotopic (exact) mass is 187 g/mol. The fraction of sp³-hybridized carbons (Fsp3) is 0.125. The van der Waals surface area contributed by atoms with Crippen LogP contribution in [-0.2, 0) is 0 Å². The van der Waals surface area contributed by atoms with Crippen LogP contribution >= 0.6 is 11.6 Å². The zero-order valence-corrected chi connectivity index (χ0v) is 7.36. The summed E-state index contributed by atoms with van der Waals surface area (Å²) in [5.41, 5.74) is 0.